The minimum atomic E-state index is -0.387. The van der Waals surface area contributed by atoms with Crippen LogP contribution >= 0.6 is 0 Å². The molecule has 3 fully saturated rings. The number of methoxy groups -OCH3 is 1. The third kappa shape index (κ3) is 3.13. The highest BCUT2D eigenvalue weighted by atomic mass is 16.5. The lowest BCUT2D eigenvalue weighted by Gasteiger charge is -2.46. The molecular weight excluding hydrogens is 324 g/mol. The molecule has 4 rings (SSSR count). The van der Waals surface area contributed by atoms with Crippen molar-refractivity contribution in [2.45, 2.75) is 75.3 Å². The molecule has 2 bridgehead atoms. The lowest BCUT2D eigenvalue weighted by Crippen LogP contribution is -2.57. The average molecular weight is 357 g/mol. The van der Waals surface area contributed by atoms with Crippen LogP contribution in [0.4, 0.5) is 0 Å². The van der Waals surface area contributed by atoms with Crippen molar-refractivity contribution < 1.29 is 9.53 Å². The van der Waals surface area contributed by atoms with Crippen LogP contribution in [-0.4, -0.2) is 25.1 Å². The smallest absolute Gasteiger partial charge is 0.230 e. The number of carbonyl (C=O) groups excluding carboxylic acids is 1. The quantitative estimate of drug-likeness (QED) is 0.867. The zero-order valence-electron chi connectivity index (χ0n) is 15.9. The minimum Gasteiger partial charge on any atom is -0.497 e. The van der Waals surface area contributed by atoms with Gasteiger partial charge in [-0.15, -0.1) is 0 Å². The zero-order valence-corrected chi connectivity index (χ0v) is 15.9. The van der Waals surface area contributed by atoms with Crippen LogP contribution in [0, 0.1) is 11.8 Å². The summed E-state index contributed by atoms with van der Waals surface area (Å²) in [5.74, 6) is 2.19. The Hall–Kier alpha value is -1.55. The van der Waals surface area contributed by atoms with Gasteiger partial charge in [0.1, 0.15) is 5.75 Å². The van der Waals surface area contributed by atoms with Gasteiger partial charge in [0.15, 0.2) is 0 Å². The Bertz CT molecular complexity index is 639. The summed E-state index contributed by atoms with van der Waals surface area (Å²) in [4.78, 5) is 13.6. The lowest BCUT2D eigenvalue weighted by atomic mass is 9.66. The molecular formula is C22H32N2O2. The number of rotatable bonds is 4. The van der Waals surface area contributed by atoms with Crippen molar-refractivity contribution in [3.63, 3.8) is 0 Å². The number of ether oxygens (including phenoxy) is 1. The topological polar surface area (TPSA) is 64.3 Å². The largest absolute Gasteiger partial charge is 0.497 e. The highest BCUT2D eigenvalue weighted by molar-refractivity contribution is 5.89. The number of hydrogen-bond donors (Lipinski definition) is 2. The minimum absolute atomic E-state index is 0.237. The third-order valence-electron chi connectivity index (χ3n) is 7.19. The molecule has 3 saturated carbocycles. The molecule has 142 valence electrons. The van der Waals surface area contributed by atoms with Crippen molar-refractivity contribution in [1.29, 1.82) is 0 Å². The van der Waals surface area contributed by atoms with Gasteiger partial charge in [0, 0.05) is 12.1 Å². The highest BCUT2D eigenvalue weighted by Crippen LogP contribution is 2.44. The van der Waals surface area contributed by atoms with E-state index in [1.807, 2.05) is 12.1 Å². The molecule has 0 aliphatic heterocycles. The predicted molar refractivity (Wildman–Crippen MR) is 103 cm³/mol. The average Bonchev–Trinajstić information content (AvgIpc) is 3.14. The summed E-state index contributed by atoms with van der Waals surface area (Å²) in [5.41, 5.74) is 6.99. The molecule has 1 aromatic carbocycles. The maximum atomic E-state index is 13.6. The molecule has 1 aromatic rings. The maximum absolute atomic E-state index is 13.6. The Morgan fingerprint density at radius 3 is 2.50 bits per heavy atom. The first-order chi connectivity index (χ1) is 12.6. The number of nitrogens with two attached hydrogens (primary N) is 1. The number of carbonyl (C=O) groups is 1. The van der Waals surface area contributed by atoms with E-state index >= 15 is 0 Å². The maximum Gasteiger partial charge on any atom is 0.230 e. The first-order valence-corrected chi connectivity index (χ1v) is 10.3. The second kappa shape index (κ2) is 7.22. The second-order valence-electron chi connectivity index (χ2n) is 8.70. The molecule has 0 saturated heterocycles. The van der Waals surface area contributed by atoms with E-state index in [-0.39, 0.29) is 11.3 Å². The van der Waals surface area contributed by atoms with Gasteiger partial charge in [-0.2, -0.15) is 0 Å². The van der Waals surface area contributed by atoms with Crippen LogP contribution in [0.2, 0.25) is 0 Å². The van der Waals surface area contributed by atoms with Gasteiger partial charge in [-0.25, -0.2) is 0 Å². The van der Waals surface area contributed by atoms with E-state index in [2.05, 4.69) is 17.4 Å². The Morgan fingerprint density at radius 1 is 1.15 bits per heavy atom. The Kier molecular flexibility index (Phi) is 4.96. The van der Waals surface area contributed by atoms with Crippen LogP contribution < -0.4 is 15.8 Å². The fraction of sp³-hybridized carbons (Fsp3) is 0.682. The Balaban J connectivity index is 1.58. The van der Waals surface area contributed by atoms with Crippen LogP contribution in [0.1, 0.15) is 63.4 Å². The van der Waals surface area contributed by atoms with Gasteiger partial charge in [-0.3, -0.25) is 4.79 Å². The van der Waals surface area contributed by atoms with E-state index < -0.39 is 0 Å². The molecule has 3 N–H and O–H groups in total. The number of amides is 1. The van der Waals surface area contributed by atoms with E-state index in [0.717, 1.165) is 49.8 Å². The summed E-state index contributed by atoms with van der Waals surface area (Å²) in [7, 11) is 1.69. The summed E-state index contributed by atoms with van der Waals surface area (Å²) in [6, 6.07) is 8.76. The molecule has 0 heterocycles. The van der Waals surface area contributed by atoms with Gasteiger partial charge in [0.05, 0.1) is 12.5 Å². The number of benzene rings is 1. The zero-order chi connectivity index (χ0) is 18.1. The first-order valence-electron chi connectivity index (χ1n) is 10.3. The summed E-state index contributed by atoms with van der Waals surface area (Å²) < 4.78 is 5.42. The van der Waals surface area contributed by atoms with Crippen molar-refractivity contribution in [3.8, 4) is 5.75 Å². The van der Waals surface area contributed by atoms with Crippen molar-refractivity contribution in [1.82, 2.24) is 5.32 Å². The summed E-state index contributed by atoms with van der Waals surface area (Å²) in [6.45, 7) is 0. The van der Waals surface area contributed by atoms with Crippen LogP contribution in [0.3, 0.4) is 0 Å². The molecule has 2 atom stereocenters. The van der Waals surface area contributed by atoms with E-state index in [1.165, 1.54) is 19.3 Å². The van der Waals surface area contributed by atoms with E-state index in [1.54, 1.807) is 7.11 Å². The fourth-order valence-electron chi connectivity index (χ4n) is 5.86. The molecule has 2 unspecified atom stereocenters. The molecule has 26 heavy (non-hydrogen) atoms. The van der Waals surface area contributed by atoms with E-state index in [0.29, 0.717) is 23.9 Å². The molecule has 0 radical (unpaired) electrons. The van der Waals surface area contributed by atoms with Crippen molar-refractivity contribution >= 4 is 5.91 Å². The fourth-order valence-corrected chi connectivity index (χ4v) is 5.86. The Morgan fingerprint density at radius 2 is 1.85 bits per heavy atom. The lowest BCUT2D eigenvalue weighted by molar-refractivity contribution is -0.129. The van der Waals surface area contributed by atoms with Crippen LogP contribution in [0.15, 0.2) is 24.3 Å². The standard InChI is InChI=1S/C22H32N2O2/c1-26-19-9-5-8-17(14-19)22(10-2-3-11-22)21(25)24-20-15-6-4-7-16(20)13-18(23)12-15/h5,8-9,14-16,18,20H,2-4,6-7,10-13,23H2,1H3,(H,24,25). The molecule has 1 amide bonds. The van der Waals surface area contributed by atoms with Crippen molar-refractivity contribution in [2.75, 3.05) is 7.11 Å². The van der Waals surface area contributed by atoms with Crippen molar-refractivity contribution in [3.05, 3.63) is 29.8 Å². The second-order valence-corrected chi connectivity index (χ2v) is 8.70. The van der Waals surface area contributed by atoms with Gasteiger partial charge in [0.25, 0.3) is 0 Å². The molecule has 4 heteroatoms. The third-order valence-corrected chi connectivity index (χ3v) is 7.19. The highest BCUT2D eigenvalue weighted by Gasteiger charge is 2.46. The van der Waals surface area contributed by atoms with Crippen LogP contribution in [-0.2, 0) is 10.2 Å². The molecule has 0 aromatic heterocycles. The first kappa shape index (κ1) is 17.8. The molecule has 4 nitrogen and oxygen atoms in total. The van der Waals surface area contributed by atoms with Crippen LogP contribution in [0.5, 0.6) is 5.75 Å². The number of nitrogens with one attached hydrogen (secondary N) is 1. The van der Waals surface area contributed by atoms with Gasteiger partial charge < -0.3 is 15.8 Å². The summed E-state index contributed by atoms with van der Waals surface area (Å²) in [6.07, 6.45) is 9.94. The van der Waals surface area contributed by atoms with Crippen molar-refractivity contribution in [2.24, 2.45) is 17.6 Å². The summed E-state index contributed by atoms with van der Waals surface area (Å²) in [5, 5.41) is 3.52. The summed E-state index contributed by atoms with van der Waals surface area (Å²) >= 11 is 0. The van der Waals surface area contributed by atoms with Gasteiger partial charge >= 0.3 is 0 Å². The predicted octanol–water partition coefficient (Wildman–Crippen LogP) is 3.53. The van der Waals surface area contributed by atoms with Gasteiger partial charge in [-0.1, -0.05) is 31.4 Å². The number of hydrogen-bond acceptors (Lipinski definition) is 3. The van der Waals surface area contributed by atoms with E-state index in [4.69, 9.17) is 10.5 Å². The van der Waals surface area contributed by atoms with E-state index in [9.17, 15) is 4.79 Å². The van der Waals surface area contributed by atoms with Crippen LogP contribution in [0.25, 0.3) is 0 Å². The normalized spacial score (nSPS) is 32.8. The van der Waals surface area contributed by atoms with Gasteiger partial charge in [0.2, 0.25) is 5.91 Å². The molecule has 3 aliphatic rings. The monoisotopic (exact) mass is 356 g/mol. The van der Waals surface area contributed by atoms with Gasteiger partial charge in [-0.05, 0) is 68.1 Å². The Labute approximate surface area is 156 Å². The molecule has 3 aliphatic carbocycles. The SMILES string of the molecule is COc1cccc(C2(C(=O)NC3C4CCCC3CC(N)C4)CCCC2)c1. The molecule has 0 spiro atoms. The number of fused-ring (bicyclic) bond motifs is 2.